The second kappa shape index (κ2) is 10.6. The molecule has 148 valence electrons. The summed E-state index contributed by atoms with van der Waals surface area (Å²) in [6.07, 6.45) is 7.86. The fourth-order valence-corrected chi connectivity index (χ4v) is 4.37. The molecular formula is C21H31N3O2S. The molecule has 0 bridgehead atoms. The summed E-state index contributed by atoms with van der Waals surface area (Å²) in [5, 5.41) is 7.55. The molecule has 0 saturated heterocycles. The Morgan fingerprint density at radius 1 is 1.19 bits per heavy atom. The lowest BCUT2D eigenvalue weighted by molar-refractivity contribution is -0.126. The Morgan fingerprint density at radius 3 is 2.81 bits per heavy atom. The smallest absolute Gasteiger partial charge is 0.223 e. The molecule has 1 aliphatic rings. The van der Waals surface area contributed by atoms with Gasteiger partial charge in [-0.15, -0.1) is 0 Å². The number of aromatic nitrogens is 1. The van der Waals surface area contributed by atoms with E-state index in [0.29, 0.717) is 19.2 Å². The molecule has 27 heavy (non-hydrogen) atoms. The number of nitrogens with zero attached hydrogens (tertiary/aromatic N) is 1. The van der Waals surface area contributed by atoms with E-state index in [9.17, 15) is 4.79 Å². The Morgan fingerprint density at radius 2 is 2.00 bits per heavy atom. The molecular weight excluding hydrogens is 358 g/mol. The normalized spacial score (nSPS) is 19.9. The van der Waals surface area contributed by atoms with Crippen molar-refractivity contribution in [2.45, 2.75) is 58.0 Å². The maximum atomic E-state index is 12.4. The minimum absolute atomic E-state index is 0.139. The van der Waals surface area contributed by atoms with Crippen molar-refractivity contribution in [1.82, 2.24) is 9.69 Å². The summed E-state index contributed by atoms with van der Waals surface area (Å²) in [6.45, 7) is 4.39. The topological polar surface area (TPSA) is 63.2 Å². The van der Waals surface area contributed by atoms with Gasteiger partial charge in [-0.3, -0.25) is 4.79 Å². The third kappa shape index (κ3) is 5.91. The van der Waals surface area contributed by atoms with Gasteiger partial charge in [-0.05, 0) is 55.8 Å². The standard InChI is InChI=1S/C21H31N3O2S/c1-2-3-6-15-26-17-11-9-16(10-12-17)21(25)23-14-13-22-20-18-7-4-5-8-19(18)27-24-20/h4-5,7-8,16-17H,2-3,6,9-15H2,1H3,(H,22,24)(H,23,25). The van der Waals surface area contributed by atoms with Gasteiger partial charge in [0.15, 0.2) is 0 Å². The zero-order chi connectivity index (χ0) is 18.9. The summed E-state index contributed by atoms with van der Waals surface area (Å²) in [5.41, 5.74) is 0. The van der Waals surface area contributed by atoms with Crippen molar-refractivity contribution < 1.29 is 9.53 Å². The number of nitrogens with one attached hydrogen (secondary N) is 2. The van der Waals surface area contributed by atoms with Gasteiger partial charge in [0.1, 0.15) is 5.82 Å². The average Bonchev–Trinajstić information content (AvgIpc) is 3.12. The zero-order valence-electron chi connectivity index (χ0n) is 16.2. The van der Waals surface area contributed by atoms with Crippen LogP contribution in [0.2, 0.25) is 0 Å². The lowest BCUT2D eigenvalue weighted by Crippen LogP contribution is -2.37. The molecule has 0 unspecified atom stereocenters. The molecule has 0 radical (unpaired) electrons. The number of unbranched alkanes of at least 4 members (excludes halogenated alkanes) is 2. The van der Waals surface area contributed by atoms with E-state index in [1.807, 2.05) is 12.1 Å². The number of carbonyl (C=O) groups is 1. The molecule has 0 spiro atoms. The molecule has 1 aromatic heterocycles. The molecule has 1 fully saturated rings. The fourth-order valence-electron chi connectivity index (χ4n) is 3.62. The van der Waals surface area contributed by atoms with Gasteiger partial charge in [0, 0.05) is 31.0 Å². The van der Waals surface area contributed by atoms with Crippen LogP contribution in [0, 0.1) is 5.92 Å². The number of amides is 1. The van der Waals surface area contributed by atoms with Gasteiger partial charge in [0.2, 0.25) is 5.91 Å². The van der Waals surface area contributed by atoms with E-state index >= 15 is 0 Å². The van der Waals surface area contributed by atoms with Gasteiger partial charge in [0.25, 0.3) is 0 Å². The molecule has 3 rings (SSSR count). The monoisotopic (exact) mass is 389 g/mol. The summed E-state index contributed by atoms with van der Waals surface area (Å²) in [7, 11) is 0. The zero-order valence-corrected chi connectivity index (χ0v) is 17.0. The maximum Gasteiger partial charge on any atom is 0.223 e. The third-order valence-corrected chi connectivity index (χ3v) is 6.07. The minimum Gasteiger partial charge on any atom is -0.378 e. The summed E-state index contributed by atoms with van der Waals surface area (Å²) in [4.78, 5) is 12.4. The quantitative estimate of drug-likeness (QED) is 0.583. The van der Waals surface area contributed by atoms with Crippen LogP contribution in [0.15, 0.2) is 24.3 Å². The lowest BCUT2D eigenvalue weighted by atomic mass is 9.87. The van der Waals surface area contributed by atoms with E-state index in [1.165, 1.54) is 29.1 Å². The van der Waals surface area contributed by atoms with Gasteiger partial charge in [-0.1, -0.05) is 31.9 Å². The van der Waals surface area contributed by atoms with E-state index in [0.717, 1.165) is 49.9 Å². The van der Waals surface area contributed by atoms with E-state index in [-0.39, 0.29) is 11.8 Å². The molecule has 1 amide bonds. The molecule has 1 heterocycles. The van der Waals surface area contributed by atoms with Crippen molar-refractivity contribution in [1.29, 1.82) is 0 Å². The third-order valence-electron chi connectivity index (χ3n) is 5.24. The predicted molar refractivity (Wildman–Crippen MR) is 112 cm³/mol. The van der Waals surface area contributed by atoms with Crippen LogP contribution in [0.5, 0.6) is 0 Å². The summed E-state index contributed by atoms with van der Waals surface area (Å²) in [5.74, 6) is 1.23. The fraction of sp³-hybridized carbons (Fsp3) is 0.619. The van der Waals surface area contributed by atoms with Crippen molar-refractivity contribution in [2.75, 3.05) is 25.0 Å². The second-order valence-electron chi connectivity index (χ2n) is 7.30. The number of rotatable bonds is 10. The molecule has 0 atom stereocenters. The van der Waals surface area contributed by atoms with Gasteiger partial charge in [-0.25, -0.2) is 0 Å². The first-order valence-electron chi connectivity index (χ1n) is 10.3. The Labute approximate surface area is 166 Å². The Kier molecular flexibility index (Phi) is 7.90. The van der Waals surface area contributed by atoms with Crippen LogP contribution < -0.4 is 10.6 Å². The number of hydrogen-bond acceptors (Lipinski definition) is 5. The van der Waals surface area contributed by atoms with Gasteiger partial charge >= 0.3 is 0 Å². The van der Waals surface area contributed by atoms with Crippen molar-refractivity contribution in [3.63, 3.8) is 0 Å². The van der Waals surface area contributed by atoms with Gasteiger partial charge < -0.3 is 15.4 Å². The number of anilines is 1. The average molecular weight is 390 g/mol. The second-order valence-corrected chi connectivity index (χ2v) is 8.10. The van der Waals surface area contributed by atoms with Crippen LogP contribution >= 0.6 is 11.5 Å². The van der Waals surface area contributed by atoms with Crippen LogP contribution in [0.4, 0.5) is 5.82 Å². The van der Waals surface area contributed by atoms with Crippen LogP contribution in [0.1, 0.15) is 51.9 Å². The summed E-state index contributed by atoms with van der Waals surface area (Å²) < 4.78 is 11.6. The van der Waals surface area contributed by atoms with E-state index in [4.69, 9.17) is 4.74 Å². The highest BCUT2D eigenvalue weighted by atomic mass is 32.1. The molecule has 5 nitrogen and oxygen atoms in total. The van der Waals surface area contributed by atoms with Crippen LogP contribution in [-0.2, 0) is 9.53 Å². The number of carbonyl (C=O) groups excluding carboxylic acids is 1. The first-order chi connectivity index (χ1) is 13.3. The van der Waals surface area contributed by atoms with Crippen molar-refractivity contribution in [3.8, 4) is 0 Å². The summed E-state index contributed by atoms with van der Waals surface area (Å²) in [6, 6.07) is 8.19. The van der Waals surface area contributed by atoms with E-state index in [2.05, 4.69) is 34.1 Å². The van der Waals surface area contributed by atoms with Gasteiger partial charge in [0.05, 0.1) is 10.8 Å². The molecule has 2 aromatic rings. The predicted octanol–water partition coefficient (Wildman–Crippen LogP) is 4.59. The molecule has 1 aromatic carbocycles. The Bertz CT molecular complexity index is 710. The molecule has 6 heteroatoms. The highest BCUT2D eigenvalue weighted by Gasteiger charge is 2.26. The van der Waals surface area contributed by atoms with Crippen LogP contribution in [0.25, 0.3) is 10.1 Å². The molecule has 1 aliphatic carbocycles. The lowest BCUT2D eigenvalue weighted by Gasteiger charge is -2.28. The first kappa shape index (κ1) is 20.1. The number of fused-ring (bicyclic) bond motifs is 1. The van der Waals surface area contributed by atoms with E-state index < -0.39 is 0 Å². The highest BCUT2D eigenvalue weighted by molar-refractivity contribution is 7.13. The molecule has 1 saturated carbocycles. The number of benzene rings is 1. The van der Waals surface area contributed by atoms with E-state index in [1.54, 1.807) is 0 Å². The number of ether oxygens (including phenoxy) is 1. The van der Waals surface area contributed by atoms with Crippen LogP contribution in [0.3, 0.4) is 0 Å². The number of hydrogen-bond donors (Lipinski definition) is 2. The SMILES string of the molecule is CCCCCOC1CCC(C(=O)NCCNc2nsc3ccccc23)CC1. The van der Waals surface area contributed by atoms with Crippen molar-refractivity contribution in [2.24, 2.45) is 5.92 Å². The maximum absolute atomic E-state index is 12.4. The summed E-state index contributed by atoms with van der Waals surface area (Å²) >= 11 is 1.50. The van der Waals surface area contributed by atoms with Crippen molar-refractivity contribution >= 4 is 33.3 Å². The van der Waals surface area contributed by atoms with Crippen molar-refractivity contribution in [3.05, 3.63) is 24.3 Å². The molecule has 0 aliphatic heterocycles. The Hall–Kier alpha value is -1.66. The molecule has 2 N–H and O–H groups in total. The highest BCUT2D eigenvalue weighted by Crippen LogP contribution is 2.27. The first-order valence-corrected chi connectivity index (χ1v) is 11.0. The largest absolute Gasteiger partial charge is 0.378 e. The van der Waals surface area contributed by atoms with Gasteiger partial charge in [-0.2, -0.15) is 4.37 Å². The minimum atomic E-state index is 0.139. The van der Waals surface area contributed by atoms with Crippen LogP contribution in [-0.4, -0.2) is 36.1 Å². The Balaban J connectivity index is 1.31.